The molecule has 1 amide bonds. The molecule has 0 fully saturated rings. The molecule has 10 heteroatoms. The fourth-order valence-corrected chi connectivity index (χ4v) is 5.08. The Morgan fingerprint density at radius 1 is 1.22 bits per heavy atom. The van der Waals surface area contributed by atoms with E-state index in [0.29, 0.717) is 17.0 Å². The maximum atomic E-state index is 12.9. The lowest BCUT2D eigenvalue weighted by atomic mass is 9.95. The summed E-state index contributed by atoms with van der Waals surface area (Å²) in [7, 11) is 0. The number of thiophene rings is 1. The van der Waals surface area contributed by atoms with Gasteiger partial charge in [0, 0.05) is 22.0 Å². The number of halogens is 3. The molecule has 4 rings (SSSR count). The summed E-state index contributed by atoms with van der Waals surface area (Å²) in [5.74, 6) is -1.29. The molecule has 0 spiro atoms. The third-order valence-corrected chi connectivity index (χ3v) is 6.54. The van der Waals surface area contributed by atoms with Crippen LogP contribution in [0.5, 0.6) is 0 Å². The highest BCUT2D eigenvalue weighted by molar-refractivity contribution is 7.17. The Kier molecular flexibility index (Phi) is 5.81. The van der Waals surface area contributed by atoms with Gasteiger partial charge >= 0.3 is 12.1 Å². The molecule has 168 valence electrons. The summed E-state index contributed by atoms with van der Waals surface area (Å²) < 4.78 is 43.9. The molecule has 1 aromatic carbocycles. The van der Waals surface area contributed by atoms with Crippen LogP contribution in [0.25, 0.3) is 10.9 Å². The van der Waals surface area contributed by atoms with E-state index in [-0.39, 0.29) is 23.1 Å². The van der Waals surface area contributed by atoms with Crippen LogP contribution in [0, 0.1) is 0 Å². The van der Waals surface area contributed by atoms with Crippen molar-refractivity contribution in [1.82, 2.24) is 4.98 Å². The molecule has 2 N–H and O–H groups in total. The smallest absolute Gasteiger partial charge is 0.416 e. The van der Waals surface area contributed by atoms with Crippen LogP contribution in [-0.2, 0) is 23.8 Å². The van der Waals surface area contributed by atoms with Crippen LogP contribution >= 0.6 is 11.3 Å². The Labute approximate surface area is 184 Å². The molecule has 1 aliphatic carbocycles. The van der Waals surface area contributed by atoms with Crippen LogP contribution in [-0.4, -0.2) is 23.5 Å². The van der Waals surface area contributed by atoms with Crippen LogP contribution in [0.3, 0.4) is 0 Å². The summed E-state index contributed by atoms with van der Waals surface area (Å²) in [6.07, 6.45) is -0.0733. The fraction of sp³-hybridized carbons (Fsp3) is 0.318. The van der Waals surface area contributed by atoms with Crippen LogP contribution < -0.4 is 10.7 Å². The van der Waals surface area contributed by atoms with Crippen molar-refractivity contribution in [2.45, 2.75) is 38.8 Å². The minimum Gasteiger partial charge on any atom is -0.462 e. The monoisotopic (exact) mass is 464 g/mol. The average Bonchev–Trinajstić information content (AvgIpc) is 3.11. The van der Waals surface area contributed by atoms with Gasteiger partial charge in [0.2, 0.25) is 5.43 Å². The first-order chi connectivity index (χ1) is 15.2. The highest BCUT2D eigenvalue weighted by Crippen LogP contribution is 2.39. The van der Waals surface area contributed by atoms with Gasteiger partial charge in [-0.3, -0.25) is 9.59 Å². The molecule has 0 radical (unpaired) electrons. The van der Waals surface area contributed by atoms with E-state index in [0.717, 1.165) is 54.1 Å². The maximum Gasteiger partial charge on any atom is 0.416 e. The van der Waals surface area contributed by atoms with E-state index in [1.54, 1.807) is 6.92 Å². The van der Waals surface area contributed by atoms with E-state index in [1.807, 2.05) is 0 Å². The van der Waals surface area contributed by atoms with Gasteiger partial charge in [-0.2, -0.15) is 13.2 Å². The van der Waals surface area contributed by atoms with E-state index < -0.39 is 29.0 Å². The number of pyridine rings is 1. The highest BCUT2D eigenvalue weighted by Gasteiger charge is 2.31. The minimum atomic E-state index is -4.55. The van der Waals surface area contributed by atoms with E-state index in [9.17, 15) is 27.6 Å². The predicted octanol–water partition coefficient (Wildman–Crippen LogP) is 4.92. The SMILES string of the molecule is CCOC(=O)c1c(NC(=O)c2c[nH]c3cc(C(F)(F)F)ccc3c2=O)sc2c1CCCC2. The second-order valence-corrected chi connectivity index (χ2v) is 8.48. The number of hydrogen-bond donors (Lipinski definition) is 2. The molecule has 0 saturated heterocycles. The molecule has 1 aliphatic rings. The molecule has 2 aromatic heterocycles. The van der Waals surface area contributed by atoms with Crippen molar-refractivity contribution in [3.05, 3.63) is 61.8 Å². The number of benzene rings is 1. The van der Waals surface area contributed by atoms with Gasteiger partial charge in [-0.1, -0.05) is 0 Å². The molecule has 2 heterocycles. The number of esters is 1. The zero-order valence-corrected chi connectivity index (χ0v) is 17.8. The summed E-state index contributed by atoms with van der Waals surface area (Å²) in [5.41, 5.74) is -0.724. The zero-order valence-electron chi connectivity index (χ0n) is 17.0. The molecule has 0 aliphatic heterocycles. The summed E-state index contributed by atoms with van der Waals surface area (Å²) in [6, 6.07) is 2.66. The number of aromatic amines is 1. The Morgan fingerprint density at radius 2 is 1.97 bits per heavy atom. The highest BCUT2D eigenvalue weighted by atomic mass is 32.1. The molecule has 3 aromatic rings. The number of rotatable bonds is 4. The van der Waals surface area contributed by atoms with Gasteiger partial charge in [0.1, 0.15) is 10.6 Å². The van der Waals surface area contributed by atoms with E-state index in [4.69, 9.17) is 4.74 Å². The summed E-state index contributed by atoms with van der Waals surface area (Å²) in [5, 5.41) is 2.92. The van der Waals surface area contributed by atoms with Crippen molar-refractivity contribution in [1.29, 1.82) is 0 Å². The predicted molar refractivity (Wildman–Crippen MR) is 114 cm³/mol. The number of carbonyl (C=O) groups is 2. The Balaban J connectivity index is 1.70. The first kappa shape index (κ1) is 22.1. The molecule has 32 heavy (non-hydrogen) atoms. The van der Waals surface area contributed by atoms with Gasteiger partial charge in [-0.25, -0.2) is 4.79 Å². The molecule has 0 bridgehead atoms. The molecule has 0 unspecified atom stereocenters. The number of fused-ring (bicyclic) bond motifs is 2. The largest absolute Gasteiger partial charge is 0.462 e. The number of H-pyrrole nitrogens is 1. The number of aromatic nitrogens is 1. The topological polar surface area (TPSA) is 88.3 Å². The van der Waals surface area contributed by atoms with Crippen LogP contribution in [0.15, 0.2) is 29.2 Å². The van der Waals surface area contributed by atoms with Gasteiger partial charge < -0.3 is 15.0 Å². The van der Waals surface area contributed by atoms with E-state index >= 15 is 0 Å². The average molecular weight is 464 g/mol. The van der Waals surface area contributed by atoms with Crippen LogP contribution in [0.4, 0.5) is 18.2 Å². The van der Waals surface area contributed by atoms with Crippen molar-refractivity contribution >= 4 is 39.1 Å². The number of hydrogen-bond acceptors (Lipinski definition) is 5. The number of ether oxygens (including phenoxy) is 1. The molecule has 0 saturated carbocycles. The number of nitrogens with one attached hydrogen (secondary N) is 2. The van der Waals surface area contributed by atoms with Gasteiger partial charge in [0.15, 0.2) is 0 Å². The Hall–Kier alpha value is -3.14. The fourth-order valence-electron chi connectivity index (χ4n) is 3.81. The molecular weight excluding hydrogens is 445 g/mol. The summed E-state index contributed by atoms with van der Waals surface area (Å²) in [6.45, 7) is 1.87. The van der Waals surface area contributed by atoms with Gasteiger partial charge in [0.05, 0.1) is 17.7 Å². The Bertz CT molecular complexity index is 1280. The Morgan fingerprint density at radius 3 is 2.69 bits per heavy atom. The minimum absolute atomic E-state index is 0.0276. The lowest BCUT2D eigenvalue weighted by Crippen LogP contribution is -2.23. The van der Waals surface area contributed by atoms with Crippen molar-refractivity contribution in [2.24, 2.45) is 0 Å². The van der Waals surface area contributed by atoms with Gasteiger partial charge in [0.25, 0.3) is 5.91 Å². The van der Waals surface area contributed by atoms with Gasteiger partial charge in [-0.05, 0) is 56.4 Å². The molecule has 0 atom stereocenters. The van der Waals surface area contributed by atoms with Gasteiger partial charge in [-0.15, -0.1) is 11.3 Å². The lowest BCUT2D eigenvalue weighted by Gasteiger charge is -2.12. The summed E-state index contributed by atoms with van der Waals surface area (Å²) in [4.78, 5) is 41.8. The number of alkyl halides is 3. The zero-order chi connectivity index (χ0) is 23.0. The van der Waals surface area contributed by atoms with E-state index in [1.165, 1.54) is 11.3 Å². The standard InChI is InChI=1S/C22H19F3N2O4S/c1-2-31-21(30)17-13-5-3-4-6-16(13)32-20(17)27-19(29)14-10-26-15-9-11(22(23,24)25)7-8-12(15)18(14)28/h7-10H,2-6H2,1H3,(H,26,28)(H,27,29). The van der Waals surface area contributed by atoms with Crippen molar-refractivity contribution in [3.8, 4) is 0 Å². The van der Waals surface area contributed by atoms with Crippen molar-refractivity contribution in [3.63, 3.8) is 0 Å². The second-order valence-electron chi connectivity index (χ2n) is 7.38. The van der Waals surface area contributed by atoms with Crippen molar-refractivity contribution in [2.75, 3.05) is 11.9 Å². The van der Waals surface area contributed by atoms with Crippen LogP contribution in [0.2, 0.25) is 0 Å². The summed E-state index contributed by atoms with van der Waals surface area (Å²) >= 11 is 1.28. The maximum absolute atomic E-state index is 12.9. The number of amides is 1. The van der Waals surface area contributed by atoms with E-state index in [2.05, 4.69) is 10.3 Å². The normalized spacial score (nSPS) is 13.6. The molecule has 6 nitrogen and oxygen atoms in total. The second kappa shape index (κ2) is 8.42. The number of aryl methyl sites for hydroxylation is 1. The third kappa shape index (κ3) is 4.02. The quantitative estimate of drug-likeness (QED) is 0.537. The van der Waals surface area contributed by atoms with Crippen LogP contribution in [0.1, 0.15) is 56.5 Å². The first-order valence-electron chi connectivity index (χ1n) is 10.1. The molecular formula is C22H19F3N2O4S. The number of carbonyl (C=O) groups excluding carboxylic acids is 2. The number of anilines is 1. The first-order valence-corrected chi connectivity index (χ1v) is 10.9. The lowest BCUT2D eigenvalue weighted by molar-refractivity contribution is -0.137. The third-order valence-electron chi connectivity index (χ3n) is 5.33. The van der Waals surface area contributed by atoms with Crippen molar-refractivity contribution < 1.29 is 27.5 Å².